The summed E-state index contributed by atoms with van der Waals surface area (Å²) in [4.78, 5) is 15.4. The van der Waals surface area contributed by atoms with Crippen LogP contribution in [-0.4, -0.2) is 22.0 Å². The molecule has 0 saturated carbocycles. The molecular formula is C11H11BrF3N2OS2+. The molecular weight excluding hydrogens is 377 g/mol. The molecule has 1 saturated heterocycles. The number of hydrogen-bond donors (Lipinski definition) is 2. The minimum Gasteiger partial charge on any atom is -0.261 e. The van der Waals surface area contributed by atoms with E-state index in [2.05, 4.69) is 26.2 Å². The molecule has 2 heterocycles. The molecule has 2 rings (SSSR count). The molecule has 2 atom stereocenters. The summed E-state index contributed by atoms with van der Waals surface area (Å²) in [5, 5.41) is 2.39. The molecule has 1 aromatic heterocycles. The van der Waals surface area contributed by atoms with Crippen molar-refractivity contribution in [3.05, 3.63) is 20.8 Å². The minimum absolute atomic E-state index is 0.131. The molecule has 1 aliphatic heterocycles. The van der Waals surface area contributed by atoms with E-state index in [0.717, 1.165) is 15.6 Å². The first-order chi connectivity index (χ1) is 9.13. The number of rotatable bonds is 2. The summed E-state index contributed by atoms with van der Waals surface area (Å²) < 4.78 is 37.2. The number of carbonyl (C=O) groups excluding carboxylic acids is 1. The van der Waals surface area contributed by atoms with Gasteiger partial charge in [0.25, 0.3) is 0 Å². The summed E-state index contributed by atoms with van der Waals surface area (Å²) in [6.07, 6.45) is -4.60. The molecule has 0 spiro atoms. The van der Waals surface area contributed by atoms with E-state index in [1.165, 1.54) is 11.3 Å². The summed E-state index contributed by atoms with van der Waals surface area (Å²) >= 11 is 5.28. The second-order valence-electron chi connectivity index (χ2n) is 4.42. The van der Waals surface area contributed by atoms with Gasteiger partial charge in [0.1, 0.15) is 6.04 Å². The summed E-state index contributed by atoms with van der Waals surface area (Å²) in [7, 11) is 0. The standard InChI is InChI=1S/C11H10BrF3N2OS2/c1-5(6-3-4-7(12)19-6)16-9-17-8(18)10(2,20-9)11(13,14)15/h3-5H,1-2H3,(H,16,17,18)/p+1/t5-,10?/m0/s1. The SMILES string of the molecule is C[C@H]([NH+]=C1NC(=O)C(C)(C(F)(F)F)S1)c1ccc(Br)s1. The zero-order chi connectivity index (χ0) is 15.1. The Morgan fingerprint density at radius 2 is 2.10 bits per heavy atom. The van der Waals surface area contributed by atoms with E-state index in [1.54, 1.807) is 0 Å². The number of amides is 1. The largest absolute Gasteiger partial charge is 0.414 e. The van der Waals surface area contributed by atoms with E-state index in [9.17, 15) is 18.0 Å². The summed E-state index contributed by atoms with van der Waals surface area (Å²) in [6, 6.07) is 3.55. The van der Waals surface area contributed by atoms with Crippen molar-refractivity contribution in [2.45, 2.75) is 30.8 Å². The third kappa shape index (κ3) is 2.89. The monoisotopic (exact) mass is 387 g/mol. The van der Waals surface area contributed by atoms with Gasteiger partial charge in [-0.25, -0.2) is 10.1 Å². The van der Waals surface area contributed by atoms with Crippen LogP contribution in [0.2, 0.25) is 0 Å². The molecule has 2 N–H and O–H groups in total. The Morgan fingerprint density at radius 3 is 2.55 bits per heavy atom. The average molecular weight is 388 g/mol. The Kier molecular flexibility index (Phi) is 4.23. The van der Waals surface area contributed by atoms with Crippen LogP contribution in [-0.2, 0) is 4.79 Å². The third-order valence-corrected chi connectivity index (χ3v) is 5.93. The number of alkyl halides is 3. The molecule has 9 heteroatoms. The van der Waals surface area contributed by atoms with Crippen LogP contribution in [0.15, 0.2) is 15.9 Å². The normalized spacial score (nSPS) is 26.9. The van der Waals surface area contributed by atoms with Crippen LogP contribution in [0.1, 0.15) is 24.8 Å². The second-order valence-corrected chi connectivity index (χ2v) is 8.35. The van der Waals surface area contributed by atoms with E-state index < -0.39 is 16.8 Å². The van der Waals surface area contributed by atoms with Crippen molar-refractivity contribution in [3.63, 3.8) is 0 Å². The van der Waals surface area contributed by atoms with Crippen molar-refractivity contribution in [1.82, 2.24) is 5.32 Å². The van der Waals surface area contributed by atoms with E-state index >= 15 is 0 Å². The van der Waals surface area contributed by atoms with Crippen LogP contribution in [0.5, 0.6) is 0 Å². The topological polar surface area (TPSA) is 43.1 Å². The molecule has 0 bridgehead atoms. The number of nitrogens with one attached hydrogen (secondary N) is 2. The molecule has 20 heavy (non-hydrogen) atoms. The van der Waals surface area contributed by atoms with E-state index in [0.29, 0.717) is 11.8 Å². The van der Waals surface area contributed by atoms with Crippen LogP contribution in [0.3, 0.4) is 0 Å². The first kappa shape index (κ1) is 15.8. The molecule has 0 radical (unpaired) electrons. The molecule has 3 nitrogen and oxygen atoms in total. The maximum absolute atomic E-state index is 12.9. The number of hydrogen-bond acceptors (Lipinski definition) is 3. The highest BCUT2D eigenvalue weighted by Gasteiger charge is 2.65. The van der Waals surface area contributed by atoms with Crippen molar-refractivity contribution < 1.29 is 23.0 Å². The van der Waals surface area contributed by atoms with Crippen molar-refractivity contribution in [2.24, 2.45) is 0 Å². The second kappa shape index (κ2) is 5.34. The van der Waals surface area contributed by atoms with Crippen molar-refractivity contribution >= 4 is 50.1 Å². The Balaban J connectivity index is 2.20. The fraction of sp³-hybridized carbons (Fsp3) is 0.455. The van der Waals surface area contributed by atoms with Crippen LogP contribution in [0.25, 0.3) is 0 Å². The molecule has 110 valence electrons. The minimum atomic E-state index is -4.60. The van der Waals surface area contributed by atoms with Gasteiger partial charge in [-0.1, -0.05) is 0 Å². The maximum atomic E-state index is 12.9. The van der Waals surface area contributed by atoms with E-state index in [1.807, 2.05) is 19.1 Å². The molecule has 1 amide bonds. The van der Waals surface area contributed by atoms with Crippen molar-refractivity contribution in [3.8, 4) is 0 Å². The van der Waals surface area contributed by atoms with Gasteiger partial charge in [0, 0.05) is 4.88 Å². The van der Waals surface area contributed by atoms with Gasteiger partial charge in [-0.2, -0.15) is 13.2 Å². The fourth-order valence-electron chi connectivity index (χ4n) is 1.58. The van der Waals surface area contributed by atoms with E-state index in [-0.39, 0.29) is 11.2 Å². The first-order valence-electron chi connectivity index (χ1n) is 5.59. The molecule has 1 unspecified atom stereocenters. The lowest BCUT2D eigenvalue weighted by atomic mass is 10.1. The number of carbonyl (C=O) groups is 1. The molecule has 1 fully saturated rings. The smallest absolute Gasteiger partial charge is 0.261 e. The highest BCUT2D eigenvalue weighted by molar-refractivity contribution is 9.11. The summed E-state index contributed by atoms with van der Waals surface area (Å²) in [5.74, 6) is -1.04. The zero-order valence-corrected chi connectivity index (χ0v) is 13.7. The Morgan fingerprint density at radius 1 is 1.45 bits per heavy atom. The van der Waals surface area contributed by atoms with Crippen LogP contribution in [0, 0.1) is 0 Å². The number of amidine groups is 1. The van der Waals surface area contributed by atoms with Crippen LogP contribution in [0.4, 0.5) is 13.2 Å². The summed E-state index contributed by atoms with van der Waals surface area (Å²) in [6.45, 7) is 2.70. The third-order valence-electron chi connectivity index (χ3n) is 2.88. The quantitative estimate of drug-likeness (QED) is 0.816. The number of thioether (sulfide) groups is 1. The highest BCUT2D eigenvalue weighted by atomic mass is 79.9. The molecule has 0 aliphatic carbocycles. The molecule has 0 aromatic carbocycles. The Hall–Kier alpha value is -0.540. The first-order valence-corrected chi connectivity index (χ1v) is 8.02. The van der Waals surface area contributed by atoms with Gasteiger partial charge in [0.2, 0.25) is 4.75 Å². The Labute approximate surface area is 130 Å². The lowest BCUT2D eigenvalue weighted by Crippen LogP contribution is -2.75. The van der Waals surface area contributed by atoms with Gasteiger partial charge in [-0.15, -0.1) is 11.3 Å². The Bertz CT molecular complexity index is 572. The zero-order valence-electron chi connectivity index (χ0n) is 10.5. The van der Waals surface area contributed by atoms with E-state index in [4.69, 9.17) is 0 Å². The average Bonchev–Trinajstić information content (AvgIpc) is 2.84. The van der Waals surface area contributed by atoms with Crippen molar-refractivity contribution in [1.29, 1.82) is 0 Å². The lowest BCUT2D eigenvalue weighted by molar-refractivity contribution is -0.502. The van der Waals surface area contributed by atoms with Crippen LogP contribution >= 0.6 is 39.0 Å². The van der Waals surface area contributed by atoms with Gasteiger partial charge in [0.05, 0.1) is 3.79 Å². The van der Waals surface area contributed by atoms with Crippen LogP contribution < -0.4 is 10.3 Å². The lowest BCUT2D eigenvalue weighted by Gasteiger charge is -2.19. The highest BCUT2D eigenvalue weighted by Crippen LogP contribution is 2.44. The number of thiophene rings is 1. The molecule has 1 aromatic rings. The predicted molar refractivity (Wildman–Crippen MR) is 76.6 cm³/mol. The van der Waals surface area contributed by atoms with Gasteiger partial charge in [-0.05, 0) is 53.7 Å². The number of halogens is 4. The maximum Gasteiger partial charge on any atom is 0.414 e. The summed E-state index contributed by atoms with van der Waals surface area (Å²) in [5.41, 5.74) is 0. The van der Waals surface area contributed by atoms with Gasteiger partial charge >= 0.3 is 17.3 Å². The molecule has 1 aliphatic rings. The fourth-order valence-corrected chi connectivity index (χ4v) is 4.05. The van der Waals surface area contributed by atoms with Gasteiger partial charge in [-0.3, -0.25) is 4.99 Å². The van der Waals surface area contributed by atoms with Gasteiger partial charge in [0.15, 0.2) is 0 Å². The van der Waals surface area contributed by atoms with Crippen molar-refractivity contribution in [2.75, 3.05) is 0 Å². The van der Waals surface area contributed by atoms with Gasteiger partial charge < -0.3 is 0 Å². The predicted octanol–water partition coefficient (Wildman–Crippen LogP) is 2.19.